The zero-order valence-corrected chi connectivity index (χ0v) is 16.1. The van der Waals surface area contributed by atoms with E-state index in [-0.39, 0.29) is 16.9 Å². The molecule has 0 atom stereocenters. The van der Waals surface area contributed by atoms with Crippen molar-refractivity contribution < 1.29 is 13.6 Å². The first-order valence-corrected chi connectivity index (χ1v) is 9.01. The molecule has 2 aromatic heterocycles. The number of hydrogen-bond donors (Lipinski definition) is 1. The highest BCUT2D eigenvalue weighted by molar-refractivity contribution is 6.04. The predicted molar refractivity (Wildman–Crippen MR) is 107 cm³/mol. The van der Waals surface area contributed by atoms with Crippen LogP contribution in [0.5, 0.6) is 0 Å². The lowest BCUT2D eigenvalue weighted by Crippen LogP contribution is -2.17. The van der Waals surface area contributed by atoms with Crippen LogP contribution in [0.4, 0.5) is 14.6 Å². The number of pyridine rings is 1. The number of para-hydroxylation sites is 1. The normalized spacial score (nSPS) is 10.8. The largest absolute Gasteiger partial charge is 0.305 e. The number of rotatable bonds is 3. The van der Waals surface area contributed by atoms with Crippen molar-refractivity contribution in [2.45, 2.75) is 13.8 Å². The van der Waals surface area contributed by atoms with Crippen molar-refractivity contribution in [3.63, 3.8) is 0 Å². The van der Waals surface area contributed by atoms with Crippen LogP contribution in [-0.4, -0.2) is 20.7 Å². The molecule has 6 nitrogen and oxygen atoms in total. The van der Waals surface area contributed by atoms with E-state index in [1.54, 1.807) is 6.07 Å². The van der Waals surface area contributed by atoms with Crippen molar-refractivity contribution in [1.29, 1.82) is 5.26 Å². The van der Waals surface area contributed by atoms with Crippen LogP contribution in [0.1, 0.15) is 27.0 Å². The van der Waals surface area contributed by atoms with Crippen molar-refractivity contribution in [1.82, 2.24) is 14.8 Å². The molecular formula is C22H15F2N5O. The monoisotopic (exact) mass is 403 g/mol. The zero-order chi connectivity index (χ0) is 21.4. The van der Waals surface area contributed by atoms with Crippen LogP contribution >= 0.6 is 0 Å². The Bertz CT molecular complexity index is 1350. The number of hydrogen-bond acceptors (Lipinski definition) is 4. The Hall–Kier alpha value is -4.12. The third kappa shape index (κ3) is 3.26. The van der Waals surface area contributed by atoms with E-state index < -0.39 is 17.5 Å². The molecular weight excluding hydrogens is 388 g/mol. The Morgan fingerprint density at radius 1 is 1.10 bits per heavy atom. The summed E-state index contributed by atoms with van der Waals surface area (Å²) in [4.78, 5) is 17.2. The number of halogens is 2. The first-order valence-electron chi connectivity index (χ1n) is 9.01. The maximum Gasteiger partial charge on any atom is 0.256 e. The highest BCUT2D eigenvalue weighted by Crippen LogP contribution is 2.25. The van der Waals surface area contributed by atoms with Gasteiger partial charge in [-0.1, -0.05) is 18.2 Å². The Morgan fingerprint density at radius 2 is 1.90 bits per heavy atom. The van der Waals surface area contributed by atoms with E-state index >= 15 is 0 Å². The maximum atomic E-state index is 13.5. The van der Waals surface area contributed by atoms with Crippen LogP contribution < -0.4 is 5.32 Å². The summed E-state index contributed by atoms with van der Waals surface area (Å²) in [6.45, 7) is 3.87. The SMILES string of the molecule is Cc1cc(-n2ncc(C#N)c2NC(=O)c2ccc(F)c(F)c2)nc2c(C)cccc12. The third-order valence-electron chi connectivity index (χ3n) is 4.75. The van der Waals surface area contributed by atoms with Crippen molar-refractivity contribution in [3.05, 3.63) is 82.5 Å². The summed E-state index contributed by atoms with van der Waals surface area (Å²) >= 11 is 0. The Morgan fingerprint density at radius 3 is 2.63 bits per heavy atom. The van der Waals surface area contributed by atoms with Gasteiger partial charge in [0.15, 0.2) is 23.3 Å². The predicted octanol–water partition coefficient (Wildman–Crippen LogP) is 4.44. The van der Waals surface area contributed by atoms with Gasteiger partial charge in [0, 0.05) is 10.9 Å². The molecule has 148 valence electrons. The van der Waals surface area contributed by atoms with Gasteiger partial charge in [0.05, 0.1) is 11.7 Å². The molecule has 0 spiro atoms. The van der Waals surface area contributed by atoms with Gasteiger partial charge < -0.3 is 5.32 Å². The van der Waals surface area contributed by atoms with Gasteiger partial charge in [0.25, 0.3) is 5.91 Å². The maximum absolute atomic E-state index is 13.5. The molecule has 0 saturated carbocycles. The van der Waals surface area contributed by atoms with E-state index in [9.17, 15) is 18.8 Å². The molecule has 0 saturated heterocycles. The van der Waals surface area contributed by atoms with Gasteiger partial charge in [0.1, 0.15) is 11.6 Å². The molecule has 0 aliphatic rings. The van der Waals surface area contributed by atoms with E-state index in [4.69, 9.17) is 0 Å². The number of anilines is 1. The van der Waals surface area contributed by atoms with Crippen LogP contribution in [0.2, 0.25) is 0 Å². The molecule has 0 aliphatic heterocycles. The number of amides is 1. The molecule has 1 N–H and O–H groups in total. The first-order chi connectivity index (χ1) is 14.4. The molecule has 0 bridgehead atoms. The van der Waals surface area contributed by atoms with Crippen molar-refractivity contribution >= 4 is 22.6 Å². The summed E-state index contributed by atoms with van der Waals surface area (Å²) in [6.07, 6.45) is 1.31. The topological polar surface area (TPSA) is 83.6 Å². The molecule has 2 heterocycles. The van der Waals surface area contributed by atoms with Crippen molar-refractivity contribution in [3.8, 4) is 11.9 Å². The Kier molecular flexibility index (Phi) is 4.72. The van der Waals surface area contributed by atoms with Crippen LogP contribution in [0, 0.1) is 36.8 Å². The highest BCUT2D eigenvalue weighted by Gasteiger charge is 2.19. The van der Waals surface area contributed by atoms with Gasteiger partial charge in [-0.15, -0.1) is 0 Å². The molecule has 1 amide bonds. The van der Waals surface area contributed by atoms with Crippen LogP contribution in [0.25, 0.3) is 16.7 Å². The van der Waals surface area contributed by atoms with E-state index in [1.807, 2.05) is 38.1 Å². The number of benzene rings is 2. The van der Waals surface area contributed by atoms with E-state index in [0.717, 1.165) is 40.2 Å². The fourth-order valence-electron chi connectivity index (χ4n) is 3.19. The van der Waals surface area contributed by atoms with Crippen LogP contribution in [0.15, 0.2) is 48.7 Å². The van der Waals surface area contributed by atoms with E-state index in [1.165, 1.54) is 10.9 Å². The van der Waals surface area contributed by atoms with Crippen LogP contribution in [-0.2, 0) is 0 Å². The Labute approximate surface area is 170 Å². The number of aryl methyl sites for hydroxylation is 2. The first kappa shape index (κ1) is 19.2. The van der Waals surface area contributed by atoms with Crippen LogP contribution in [0.3, 0.4) is 0 Å². The standard InChI is InChI=1S/C22H15F2N5O/c1-12-4-3-5-16-13(2)8-19(27-20(12)16)29-21(15(10-25)11-26-29)28-22(30)14-6-7-17(23)18(24)9-14/h3-9,11H,1-2H3,(H,28,30). The molecule has 4 aromatic rings. The molecule has 0 radical (unpaired) electrons. The number of nitrogens with one attached hydrogen (secondary N) is 1. The summed E-state index contributed by atoms with van der Waals surface area (Å²) in [7, 11) is 0. The second-order valence-corrected chi connectivity index (χ2v) is 6.78. The highest BCUT2D eigenvalue weighted by atomic mass is 19.2. The Balaban J connectivity index is 1.80. The third-order valence-corrected chi connectivity index (χ3v) is 4.75. The summed E-state index contributed by atoms with van der Waals surface area (Å²) < 4.78 is 28.0. The van der Waals surface area contributed by atoms with E-state index in [0.29, 0.717) is 5.82 Å². The van der Waals surface area contributed by atoms with Gasteiger partial charge in [-0.2, -0.15) is 15.0 Å². The van der Waals surface area contributed by atoms with Crippen molar-refractivity contribution in [2.24, 2.45) is 0 Å². The lowest BCUT2D eigenvalue weighted by Gasteiger charge is -2.12. The molecule has 8 heteroatoms. The van der Waals surface area contributed by atoms with Gasteiger partial charge in [-0.05, 0) is 49.2 Å². The fourth-order valence-corrected chi connectivity index (χ4v) is 3.19. The van der Waals surface area contributed by atoms with Gasteiger partial charge in [-0.3, -0.25) is 4.79 Å². The number of nitrogens with zero attached hydrogens (tertiary/aromatic N) is 4. The molecule has 2 aromatic carbocycles. The average Bonchev–Trinajstić information content (AvgIpc) is 3.13. The molecule has 0 fully saturated rings. The van der Waals surface area contributed by atoms with Crippen molar-refractivity contribution in [2.75, 3.05) is 5.32 Å². The minimum atomic E-state index is -1.14. The van der Waals surface area contributed by atoms with E-state index in [2.05, 4.69) is 15.4 Å². The molecule has 0 unspecified atom stereocenters. The number of carbonyl (C=O) groups excluding carboxylic acids is 1. The number of aromatic nitrogens is 3. The number of fused-ring (bicyclic) bond motifs is 1. The van der Waals surface area contributed by atoms with Gasteiger partial charge in [-0.25, -0.2) is 13.8 Å². The number of carbonyl (C=O) groups is 1. The minimum absolute atomic E-state index is 0.0899. The number of nitriles is 1. The lowest BCUT2D eigenvalue weighted by molar-refractivity contribution is 0.102. The molecule has 4 rings (SSSR count). The van der Waals surface area contributed by atoms with Gasteiger partial charge >= 0.3 is 0 Å². The smallest absolute Gasteiger partial charge is 0.256 e. The van der Waals surface area contributed by atoms with Gasteiger partial charge in [0.2, 0.25) is 0 Å². The molecule has 0 aliphatic carbocycles. The summed E-state index contributed by atoms with van der Waals surface area (Å²) in [5.41, 5.74) is 2.71. The average molecular weight is 403 g/mol. The molecule has 30 heavy (non-hydrogen) atoms. The fraction of sp³-hybridized carbons (Fsp3) is 0.0909. The quantitative estimate of drug-likeness (QED) is 0.548. The summed E-state index contributed by atoms with van der Waals surface area (Å²) in [5, 5.41) is 17.2. The minimum Gasteiger partial charge on any atom is -0.305 e. The zero-order valence-electron chi connectivity index (χ0n) is 16.1. The summed E-state index contributed by atoms with van der Waals surface area (Å²) in [5.74, 6) is -2.40. The lowest BCUT2D eigenvalue weighted by atomic mass is 10.1. The summed E-state index contributed by atoms with van der Waals surface area (Å²) in [6, 6.07) is 12.4. The second-order valence-electron chi connectivity index (χ2n) is 6.78. The second kappa shape index (κ2) is 7.37.